The number of para-hydroxylation sites is 1. The molecule has 3 heteroatoms. The Morgan fingerprint density at radius 2 is 1.90 bits per heavy atom. The fraction of sp³-hybridized carbons (Fsp3) is 0.647. The summed E-state index contributed by atoms with van der Waals surface area (Å²) in [5, 5.41) is 3.83. The minimum Gasteiger partial charge on any atom is -0.486 e. The highest BCUT2D eigenvalue weighted by atomic mass is 16.5. The third kappa shape index (κ3) is 3.15. The van der Waals surface area contributed by atoms with Crippen molar-refractivity contribution in [1.29, 1.82) is 0 Å². The Morgan fingerprint density at radius 3 is 2.50 bits per heavy atom. The molecule has 112 valence electrons. The number of rotatable bonds is 5. The number of benzene rings is 1. The zero-order valence-electron chi connectivity index (χ0n) is 13.6. The summed E-state index contributed by atoms with van der Waals surface area (Å²) in [5.74, 6) is 1.60. The molecule has 0 spiro atoms. The third-order valence-corrected chi connectivity index (χ3v) is 4.05. The van der Waals surface area contributed by atoms with Crippen LogP contribution < -0.4 is 10.1 Å². The molecule has 3 nitrogen and oxygen atoms in total. The largest absolute Gasteiger partial charge is 0.486 e. The first-order chi connectivity index (χ1) is 9.31. The standard InChI is InChI=1S/C17H28N2O/c1-12(2)14(11-19(5)6)18-16-13-9-7-8-10-15(13)20-17(16,3)4/h7-10,12,14,16,18H,11H2,1-6H3. The quantitative estimate of drug-likeness (QED) is 0.894. The Balaban J connectivity index is 2.22. The van der Waals surface area contributed by atoms with Gasteiger partial charge in [-0.3, -0.25) is 0 Å². The molecular weight excluding hydrogens is 248 g/mol. The maximum atomic E-state index is 6.12. The SMILES string of the molecule is CC(C)C(CN(C)C)NC1c2ccccc2OC1(C)C. The van der Waals surface area contributed by atoms with Crippen molar-refractivity contribution in [2.75, 3.05) is 20.6 Å². The van der Waals surface area contributed by atoms with Crippen molar-refractivity contribution in [3.63, 3.8) is 0 Å². The predicted molar refractivity (Wildman–Crippen MR) is 84.2 cm³/mol. The number of nitrogens with zero attached hydrogens (tertiary/aromatic N) is 1. The van der Waals surface area contributed by atoms with E-state index in [0.29, 0.717) is 12.0 Å². The Hall–Kier alpha value is -1.06. The van der Waals surface area contributed by atoms with Crippen LogP contribution in [0.1, 0.15) is 39.3 Å². The molecule has 0 radical (unpaired) electrons. The Labute approximate surface area is 123 Å². The molecule has 1 aliphatic rings. The first kappa shape index (κ1) is 15.3. The molecule has 0 aromatic heterocycles. The molecule has 1 aromatic carbocycles. The highest BCUT2D eigenvalue weighted by Gasteiger charge is 2.42. The average Bonchev–Trinajstić information content (AvgIpc) is 2.58. The van der Waals surface area contributed by atoms with Crippen molar-refractivity contribution in [3.8, 4) is 5.75 Å². The van der Waals surface area contributed by atoms with E-state index in [0.717, 1.165) is 12.3 Å². The zero-order chi connectivity index (χ0) is 14.9. The summed E-state index contributed by atoms with van der Waals surface area (Å²) in [6.07, 6.45) is 0. The number of ether oxygens (including phenoxy) is 1. The van der Waals surface area contributed by atoms with E-state index in [9.17, 15) is 0 Å². The molecule has 0 saturated carbocycles. The van der Waals surface area contributed by atoms with E-state index in [1.165, 1.54) is 5.56 Å². The molecule has 0 aliphatic carbocycles. The summed E-state index contributed by atoms with van der Waals surface area (Å²) < 4.78 is 6.12. The first-order valence-corrected chi connectivity index (χ1v) is 7.50. The Morgan fingerprint density at radius 1 is 1.25 bits per heavy atom. The van der Waals surface area contributed by atoms with Gasteiger partial charge in [-0.2, -0.15) is 0 Å². The fourth-order valence-electron chi connectivity index (χ4n) is 2.88. The van der Waals surface area contributed by atoms with Crippen LogP contribution in [-0.4, -0.2) is 37.2 Å². The van der Waals surface area contributed by atoms with E-state index in [4.69, 9.17) is 4.74 Å². The normalized spacial score (nSPS) is 21.9. The van der Waals surface area contributed by atoms with Gasteiger partial charge < -0.3 is 15.0 Å². The van der Waals surface area contributed by atoms with Crippen LogP contribution in [0.5, 0.6) is 5.75 Å². The van der Waals surface area contributed by atoms with Gasteiger partial charge in [-0.15, -0.1) is 0 Å². The lowest BCUT2D eigenvalue weighted by molar-refractivity contribution is 0.0843. The van der Waals surface area contributed by atoms with Crippen molar-refractivity contribution < 1.29 is 4.74 Å². The molecule has 1 heterocycles. The second-order valence-electron chi connectivity index (χ2n) is 6.96. The molecule has 0 bridgehead atoms. The molecule has 1 aromatic rings. The van der Waals surface area contributed by atoms with Crippen LogP contribution in [-0.2, 0) is 0 Å². The Kier molecular flexibility index (Phi) is 4.40. The van der Waals surface area contributed by atoms with E-state index < -0.39 is 0 Å². The number of hydrogen-bond acceptors (Lipinski definition) is 3. The monoisotopic (exact) mass is 276 g/mol. The van der Waals surface area contributed by atoms with Crippen molar-refractivity contribution >= 4 is 0 Å². The van der Waals surface area contributed by atoms with Crippen LogP contribution in [0.2, 0.25) is 0 Å². The van der Waals surface area contributed by atoms with Gasteiger partial charge in [0.25, 0.3) is 0 Å². The average molecular weight is 276 g/mol. The van der Waals surface area contributed by atoms with Crippen molar-refractivity contribution in [3.05, 3.63) is 29.8 Å². The van der Waals surface area contributed by atoms with Gasteiger partial charge in [-0.05, 0) is 39.9 Å². The van der Waals surface area contributed by atoms with Crippen molar-refractivity contribution in [1.82, 2.24) is 10.2 Å². The highest BCUT2D eigenvalue weighted by Crippen LogP contribution is 2.43. The molecule has 1 N–H and O–H groups in total. The summed E-state index contributed by atoms with van der Waals surface area (Å²) in [6.45, 7) is 9.91. The maximum Gasteiger partial charge on any atom is 0.125 e. The molecule has 20 heavy (non-hydrogen) atoms. The van der Waals surface area contributed by atoms with E-state index in [2.05, 4.69) is 70.2 Å². The first-order valence-electron chi connectivity index (χ1n) is 7.50. The summed E-state index contributed by atoms with van der Waals surface area (Å²) >= 11 is 0. The molecule has 1 aliphatic heterocycles. The van der Waals surface area contributed by atoms with Gasteiger partial charge in [0.05, 0.1) is 6.04 Å². The molecule has 2 unspecified atom stereocenters. The summed E-state index contributed by atoms with van der Waals surface area (Å²) in [5.41, 5.74) is 1.07. The summed E-state index contributed by atoms with van der Waals surface area (Å²) in [7, 11) is 4.25. The summed E-state index contributed by atoms with van der Waals surface area (Å²) in [6, 6.07) is 9.06. The van der Waals surface area contributed by atoms with Gasteiger partial charge in [-0.1, -0.05) is 32.0 Å². The molecule has 2 atom stereocenters. The lowest BCUT2D eigenvalue weighted by atomic mass is 9.92. The second kappa shape index (κ2) is 5.74. The van der Waals surface area contributed by atoms with Crippen LogP contribution >= 0.6 is 0 Å². The van der Waals surface area contributed by atoms with Crippen LogP contribution in [0, 0.1) is 5.92 Å². The molecule has 0 fully saturated rings. The zero-order valence-corrected chi connectivity index (χ0v) is 13.6. The van der Waals surface area contributed by atoms with E-state index in [-0.39, 0.29) is 11.6 Å². The van der Waals surface area contributed by atoms with Crippen LogP contribution in [0.15, 0.2) is 24.3 Å². The lowest BCUT2D eigenvalue weighted by Gasteiger charge is -2.34. The van der Waals surface area contributed by atoms with Gasteiger partial charge in [0.2, 0.25) is 0 Å². The second-order valence-corrected chi connectivity index (χ2v) is 6.96. The maximum absolute atomic E-state index is 6.12. The van der Waals surface area contributed by atoms with Gasteiger partial charge in [0.1, 0.15) is 11.4 Å². The van der Waals surface area contributed by atoms with Gasteiger partial charge in [-0.25, -0.2) is 0 Å². The number of nitrogens with one attached hydrogen (secondary N) is 1. The van der Waals surface area contributed by atoms with Crippen LogP contribution in [0.4, 0.5) is 0 Å². The minimum absolute atomic E-state index is 0.205. The van der Waals surface area contributed by atoms with Gasteiger partial charge >= 0.3 is 0 Å². The number of fused-ring (bicyclic) bond motifs is 1. The molecule has 0 amide bonds. The predicted octanol–water partition coefficient (Wildman–Crippen LogP) is 3.07. The third-order valence-electron chi connectivity index (χ3n) is 4.05. The topological polar surface area (TPSA) is 24.5 Å². The van der Waals surface area contributed by atoms with Gasteiger partial charge in [0.15, 0.2) is 0 Å². The minimum atomic E-state index is -0.205. The van der Waals surface area contributed by atoms with E-state index in [1.54, 1.807) is 0 Å². The van der Waals surface area contributed by atoms with Crippen LogP contribution in [0.25, 0.3) is 0 Å². The lowest BCUT2D eigenvalue weighted by Crippen LogP contribution is -2.49. The van der Waals surface area contributed by atoms with Crippen LogP contribution in [0.3, 0.4) is 0 Å². The van der Waals surface area contributed by atoms with E-state index in [1.807, 2.05) is 6.07 Å². The number of hydrogen-bond donors (Lipinski definition) is 1. The smallest absolute Gasteiger partial charge is 0.125 e. The molecule has 0 saturated heterocycles. The Bertz CT molecular complexity index is 454. The molecule has 2 rings (SSSR count). The van der Waals surface area contributed by atoms with Crippen molar-refractivity contribution in [2.24, 2.45) is 5.92 Å². The number of likely N-dealkylation sites (N-methyl/N-ethyl adjacent to an activating group) is 1. The van der Waals surface area contributed by atoms with Gasteiger partial charge in [0, 0.05) is 18.2 Å². The van der Waals surface area contributed by atoms with E-state index >= 15 is 0 Å². The molecular formula is C17H28N2O. The van der Waals surface area contributed by atoms with Crippen molar-refractivity contribution in [2.45, 2.75) is 45.4 Å². The fourth-order valence-corrected chi connectivity index (χ4v) is 2.88. The highest BCUT2D eigenvalue weighted by molar-refractivity contribution is 5.42. The summed E-state index contributed by atoms with van der Waals surface area (Å²) in [4.78, 5) is 2.24.